The van der Waals surface area contributed by atoms with Crippen molar-refractivity contribution in [2.45, 2.75) is 6.54 Å². The third-order valence-corrected chi connectivity index (χ3v) is 3.82. The van der Waals surface area contributed by atoms with Crippen LogP contribution >= 0.6 is 23.2 Å². The molecule has 0 aliphatic carbocycles. The molecule has 1 amide bonds. The molecular weight excluding hydrogens is 361 g/mol. The number of nitrogens with zero attached hydrogens (tertiary/aromatic N) is 3. The van der Waals surface area contributed by atoms with E-state index in [1.165, 1.54) is 12.4 Å². The zero-order chi connectivity index (χ0) is 17.6. The maximum Gasteiger partial charge on any atom is 0.275 e. The van der Waals surface area contributed by atoms with Gasteiger partial charge in [-0.15, -0.1) is 0 Å². The zero-order valence-corrected chi connectivity index (χ0v) is 14.4. The minimum Gasteiger partial charge on any atom is -0.365 e. The highest BCUT2D eigenvalue weighted by Crippen LogP contribution is 2.25. The first kappa shape index (κ1) is 17.1. The van der Waals surface area contributed by atoms with Crippen molar-refractivity contribution in [2.24, 2.45) is 0 Å². The van der Waals surface area contributed by atoms with E-state index in [4.69, 9.17) is 23.2 Å². The predicted molar refractivity (Wildman–Crippen MR) is 98.0 cm³/mol. The first-order valence-electron chi connectivity index (χ1n) is 7.33. The quantitative estimate of drug-likeness (QED) is 0.705. The molecule has 0 atom stereocenters. The molecule has 0 aliphatic heterocycles. The molecule has 126 valence electrons. The van der Waals surface area contributed by atoms with Crippen molar-refractivity contribution in [1.82, 2.24) is 15.0 Å². The monoisotopic (exact) mass is 373 g/mol. The number of carbonyl (C=O) groups is 1. The molecule has 2 N–H and O–H groups in total. The average molecular weight is 374 g/mol. The van der Waals surface area contributed by atoms with Gasteiger partial charge in [0.15, 0.2) is 0 Å². The van der Waals surface area contributed by atoms with Crippen molar-refractivity contribution in [3.8, 4) is 0 Å². The van der Waals surface area contributed by atoms with Gasteiger partial charge in [-0.2, -0.15) is 0 Å². The third kappa shape index (κ3) is 4.65. The Bertz CT molecular complexity index is 872. The van der Waals surface area contributed by atoms with E-state index in [-0.39, 0.29) is 5.69 Å². The number of carbonyl (C=O) groups excluding carboxylic acids is 1. The molecule has 0 radical (unpaired) electrons. The van der Waals surface area contributed by atoms with Crippen molar-refractivity contribution in [3.05, 3.63) is 76.4 Å². The molecule has 0 fully saturated rings. The lowest BCUT2D eigenvalue weighted by molar-refractivity contribution is 0.102. The van der Waals surface area contributed by atoms with Gasteiger partial charge in [0, 0.05) is 24.0 Å². The van der Waals surface area contributed by atoms with Crippen molar-refractivity contribution < 1.29 is 4.79 Å². The minimum atomic E-state index is -0.421. The van der Waals surface area contributed by atoms with E-state index in [0.717, 1.165) is 5.56 Å². The number of anilines is 2. The molecule has 3 rings (SSSR count). The van der Waals surface area contributed by atoms with E-state index in [2.05, 4.69) is 25.6 Å². The third-order valence-electron chi connectivity index (χ3n) is 3.26. The molecule has 1 aromatic carbocycles. The van der Waals surface area contributed by atoms with Gasteiger partial charge in [-0.3, -0.25) is 9.78 Å². The number of benzene rings is 1. The number of halogens is 2. The molecule has 8 heteroatoms. The van der Waals surface area contributed by atoms with Crippen LogP contribution in [0.5, 0.6) is 0 Å². The number of hydrogen-bond donors (Lipinski definition) is 2. The second kappa shape index (κ2) is 7.92. The van der Waals surface area contributed by atoms with E-state index in [9.17, 15) is 4.79 Å². The summed E-state index contributed by atoms with van der Waals surface area (Å²) in [5, 5.41) is 6.63. The summed E-state index contributed by atoms with van der Waals surface area (Å²) in [5.74, 6) is 0.136. The minimum absolute atomic E-state index is 0.169. The molecule has 2 heterocycles. The van der Waals surface area contributed by atoms with Crippen LogP contribution in [0.15, 0.2) is 55.1 Å². The fourth-order valence-electron chi connectivity index (χ4n) is 2.01. The molecule has 0 saturated carbocycles. The number of aromatic nitrogens is 3. The molecule has 0 spiro atoms. The normalized spacial score (nSPS) is 10.3. The van der Waals surface area contributed by atoms with E-state index in [1.807, 2.05) is 12.1 Å². The molecule has 3 aromatic rings. The largest absolute Gasteiger partial charge is 0.365 e. The summed E-state index contributed by atoms with van der Waals surface area (Å²) in [4.78, 5) is 24.6. The van der Waals surface area contributed by atoms with Gasteiger partial charge >= 0.3 is 0 Å². The van der Waals surface area contributed by atoms with Crippen LogP contribution in [0.2, 0.25) is 10.0 Å². The van der Waals surface area contributed by atoms with Crippen LogP contribution in [0.3, 0.4) is 0 Å². The Balaban J connectivity index is 1.63. The number of hydrogen-bond acceptors (Lipinski definition) is 5. The highest BCUT2D eigenvalue weighted by atomic mass is 35.5. The average Bonchev–Trinajstić information content (AvgIpc) is 2.64. The summed E-state index contributed by atoms with van der Waals surface area (Å²) in [5.41, 5.74) is 1.60. The van der Waals surface area contributed by atoms with Gasteiger partial charge in [-0.1, -0.05) is 29.3 Å². The van der Waals surface area contributed by atoms with Crippen LogP contribution in [-0.2, 0) is 6.54 Å². The molecule has 0 aliphatic rings. The summed E-state index contributed by atoms with van der Waals surface area (Å²) in [6, 6.07) is 8.62. The van der Waals surface area contributed by atoms with Crippen LogP contribution in [0.25, 0.3) is 0 Å². The Labute approximate surface area is 154 Å². The lowest BCUT2D eigenvalue weighted by Gasteiger charge is -2.08. The lowest BCUT2D eigenvalue weighted by atomic mass is 10.3. The fourth-order valence-corrected chi connectivity index (χ4v) is 2.35. The standard InChI is InChI=1S/C17H13Cl2N5O/c18-12-3-4-13(19)14(6-12)24-17(25)15-9-23-16(10-21-15)22-8-11-2-1-5-20-7-11/h1-7,9-10H,8H2,(H,22,23)(H,24,25). The summed E-state index contributed by atoms with van der Waals surface area (Å²) in [6.45, 7) is 0.562. The van der Waals surface area contributed by atoms with Gasteiger partial charge in [-0.25, -0.2) is 9.97 Å². The van der Waals surface area contributed by atoms with Gasteiger partial charge < -0.3 is 10.6 Å². The van der Waals surface area contributed by atoms with Crippen LogP contribution in [0.1, 0.15) is 16.1 Å². The fraction of sp³-hybridized carbons (Fsp3) is 0.0588. The van der Waals surface area contributed by atoms with Gasteiger partial charge in [0.1, 0.15) is 11.5 Å². The Morgan fingerprint density at radius 1 is 1.08 bits per heavy atom. The summed E-state index contributed by atoms with van der Waals surface area (Å²) >= 11 is 11.9. The Morgan fingerprint density at radius 2 is 1.96 bits per heavy atom. The van der Waals surface area contributed by atoms with Crippen LogP contribution in [0.4, 0.5) is 11.5 Å². The molecule has 0 unspecified atom stereocenters. The van der Waals surface area contributed by atoms with Crippen molar-refractivity contribution in [3.63, 3.8) is 0 Å². The SMILES string of the molecule is O=C(Nc1cc(Cl)ccc1Cl)c1cnc(NCc2cccnc2)cn1. The topological polar surface area (TPSA) is 79.8 Å². The number of pyridine rings is 1. The van der Waals surface area contributed by atoms with E-state index < -0.39 is 5.91 Å². The first-order valence-corrected chi connectivity index (χ1v) is 8.08. The van der Waals surface area contributed by atoms with Crippen molar-refractivity contribution in [2.75, 3.05) is 10.6 Å². The Kier molecular flexibility index (Phi) is 5.42. The van der Waals surface area contributed by atoms with Crippen LogP contribution in [-0.4, -0.2) is 20.9 Å². The van der Waals surface area contributed by atoms with E-state index >= 15 is 0 Å². The predicted octanol–water partition coefficient (Wildman–Crippen LogP) is 4.04. The second-order valence-corrected chi connectivity index (χ2v) is 5.92. The van der Waals surface area contributed by atoms with Gasteiger partial charge in [0.25, 0.3) is 5.91 Å². The highest BCUT2D eigenvalue weighted by molar-refractivity contribution is 6.35. The number of rotatable bonds is 5. The molecule has 6 nitrogen and oxygen atoms in total. The van der Waals surface area contributed by atoms with Crippen molar-refractivity contribution in [1.29, 1.82) is 0 Å². The molecule has 0 bridgehead atoms. The Morgan fingerprint density at radius 3 is 2.68 bits per heavy atom. The van der Waals surface area contributed by atoms with Crippen LogP contribution in [0, 0.1) is 0 Å². The maximum absolute atomic E-state index is 12.2. The molecule has 0 saturated heterocycles. The van der Waals surface area contributed by atoms with Crippen LogP contribution < -0.4 is 10.6 Å². The maximum atomic E-state index is 12.2. The molecule has 25 heavy (non-hydrogen) atoms. The van der Waals surface area contributed by atoms with Gasteiger partial charge in [-0.05, 0) is 29.8 Å². The molecular formula is C17H13Cl2N5O. The second-order valence-electron chi connectivity index (χ2n) is 5.08. The van der Waals surface area contributed by atoms with E-state index in [1.54, 1.807) is 30.6 Å². The van der Waals surface area contributed by atoms with Gasteiger partial charge in [0.05, 0.1) is 23.1 Å². The highest BCUT2D eigenvalue weighted by Gasteiger charge is 2.11. The first-order chi connectivity index (χ1) is 12.1. The summed E-state index contributed by atoms with van der Waals surface area (Å²) < 4.78 is 0. The smallest absolute Gasteiger partial charge is 0.275 e. The summed E-state index contributed by atoms with van der Waals surface area (Å²) in [7, 11) is 0. The summed E-state index contributed by atoms with van der Waals surface area (Å²) in [6.07, 6.45) is 6.35. The lowest BCUT2D eigenvalue weighted by Crippen LogP contribution is -2.15. The Hall–Kier alpha value is -2.70. The van der Waals surface area contributed by atoms with Gasteiger partial charge in [0.2, 0.25) is 0 Å². The van der Waals surface area contributed by atoms with E-state index in [0.29, 0.717) is 28.1 Å². The zero-order valence-electron chi connectivity index (χ0n) is 12.9. The number of amides is 1. The number of nitrogens with one attached hydrogen (secondary N) is 2. The van der Waals surface area contributed by atoms with Crippen molar-refractivity contribution >= 4 is 40.6 Å². The molecule has 2 aromatic heterocycles.